The largest absolute Gasteiger partial charge is 0.480 e. The average molecular weight is 386 g/mol. The summed E-state index contributed by atoms with van der Waals surface area (Å²) in [5.74, 6) is -1.73. The molecule has 0 aliphatic rings. The Balaban J connectivity index is 1.64. The first-order valence-corrected chi connectivity index (χ1v) is 8.80. The summed E-state index contributed by atoms with van der Waals surface area (Å²) in [5.41, 5.74) is 0.942. The van der Waals surface area contributed by atoms with E-state index in [9.17, 15) is 19.5 Å². The second-order valence-electron chi connectivity index (χ2n) is 5.94. The summed E-state index contributed by atoms with van der Waals surface area (Å²) in [4.78, 5) is 42.5. The Kier molecular flexibility index (Phi) is 8.38. The Bertz CT molecular complexity index is 770. The zero-order chi connectivity index (χ0) is 20.2. The van der Waals surface area contributed by atoms with Crippen LogP contribution in [0.15, 0.2) is 48.9 Å². The molecule has 0 bridgehead atoms. The van der Waals surface area contributed by atoms with Crippen LogP contribution in [0.1, 0.15) is 35.3 Å². The lowest BCUT2D eigenvalue weighted by Gasteiger charge is -2.14. The van der Waals surface area contributed by atoms with Gasteiger partial charge in [0.25, 0.3) is 5.91 Å². The predicted molar refractivity (Wildman–Crippen MR) is 99.4 cm³/mol. The molecule has 3 N–H and O–H groups in total. The molecule has 2 aromatic rings. The quantitative estimate of drug-likeness (QED) is 0.530. The maximum Gasteiger partial charge on any atom is 0.407 e. The van der Waals surface area contributed by atoms with Crippen molar-refractivity contribution in [1.29, 1.82) is 0 Å². The van der Waals surface area contributed by atoms with E-state index < -0.39 is 24.0 Å². The lowest BCUT2D eigenvalue weighted by atomic mass is 10.1. The van der Waals surface area contributed by atoms with Gasteiger partial charge in [-0.3, -0.25) is 9.78 Å². The molecule has 1 aromatic heterocycles. The Morgan fingerprint density at radius 2 is 1.89 bits per heavy atom. The zero-order valence-electron chi connectivity index (χ0n) is 15.2. The summed E-state index contributed by atoms with van der Waals surface area (Å²) in [5, 5.41) is 14.3. The minimum absolute atomic E-state index is 0.0524. The molecule has 0 aliphatic carbocycles. The lowest BCUT2D eigenvalue weighted by Crippen LogP contribution is -2.41. The van der Waals surface area contributed by atoms with Gasteiger partial charge < -0.3 is 20.5 Å². The number of hydrogen-bond acceptors (Lipinski definition) is 6. The smallest absolute Gasteiger partial charge is 0.407 e. The number of amides is 2. The molecule has 1 heterocycles. The van der Waals surface area contributed by atoms with Crippen LogP contribution < -0.4 is 10.6 Å². The van der Waals surface area contributed by atoms with Gasteiger partial charge in [-0.25, -0.2) is 14.6 Å². The van der Waals surface area contributed by atoms with E-state index in [4.69, 9.17) is 4.74 Å². The summed E-state index contributed by atoms with van der Waals surface area (Å²) < 4.78 is 5.08. The van der Waals surface area contributed by atoms with E-state index in [0.717, 1.165) is 5.56 Å². The van der Waals surface area contributed by atoms with Crippen molar-refractivity contribution < 1.29 is 24.2 Å². The van der Waals surface area contributed by atoms with Gasteiger partial charge in [0.1, 0.15) is 18.3 Å². The number of rotatable bonds is 10. The fraction of sp³-hybridized carbons (Fsp3) is 0.316. The highest BCUT2D eigenvalue weighted by atomic mass is 16.5. The summed E-state index contributed by atoms with van der Waals surface area (Å²) in [7, 11) is 0. The van der Waals surface area contributed by atoms with E-state index in [2.05, 4.69) is 20.6 Å². The van der Waals surface area contributed by atoms with Crippen molar-refractivity contribution in [1.82, 2.24) is 20.6 Å². The van der Waals surface area contributed by atoms with Gasteiger partial charge in [-0.05, 0) is 24.8 Å². The van der Waals surface area contributed by atoms with Crippen molar-refractivity contribution in [2.24, 2.45) is 0 Å². The van der Waals surface area contributed by atoms with E-state index in [-0.39, 0.29) is 18.7 Å². The highest BCUT2D eigenvalue weighted by Gasteiger charge is 2.20. The first kappa shape index (κ1) is 20.8. The fourth-order valence-corrected chi connectivity index (χ4v) is 2.34. The van der Waals surface area contributed by atoms with Crippen LogP contribution in [0.5, 0.6) is 0 Å². The van der Waals surface area contributed by atoms with Gasteiger partial charge in [0.15, 0.2) is 0 Å². The first-order valence-electron chi connectivity index (χ1n) is 8.80. The van der Waals surface area contributed by atoms with Crippen LogP contribution in [0.2, 0.25) is 0 Å². The summed E-state index contributed by atoms with van der Waals surface area (Å²) in [6.07, 6.45) is 4.77. The molecule has 148 valence electrons. The number of nitrogens with zero attached hydrogens (tertiary/aromatic N) is 2. The van der Waals surface area contributed by atoms with E-state index in [1.165, 1.54) is 18.6 Å². The molecule has 0 saturated heterocycles. The lowest BCUT2D eigenvalue weighted by molar-refractivity contribution is -0.139. The van der Waals surface area contributed by atoms with Crippen LogP contribution in [0.3, 0.4) is 0 Å². The SMILES string of the molecule is O=C(NCCCC[C@H](NC(=O)c1cnccn1)C(=O)O)OCc1ccccc1. The molecule has 28 heavy (non-hydrogen) atoms. The Hall–Kier alpha value is -3.49. The maximum absolute atomic E-state index is 12.0. The van der Waals surface area contributed by atoms with Crippen LogP contribution in [0.4, 0.5) is 4.79 Å². The normalized spacial score (nSPS) is 11.3. The molecule has 0 fully saturated rings. The second-order valence-corrected chi connectivity index (χ2v) is 5.94. The zero-order valence-corrected chi connectivity index (χ0v) is 15.2. The van der Waals surface area contributed by atoms with Crippen LogP contribution in [0, 0.1) is 0 Å². The molecule has 2 rings (SSSR count). The number of carbonyl (C=O) groups is 3. The number of carboxylic acids is 1. The Morgan fingerprint density at radius 1 is 1.11 bits per heavy atom. The molecule has 0 spiro atoms. The Morgan fingerprint density at radius 3 is 2.57 bits per heavy atom. The van der Waals surface area contributed by atoms with Gasteiger partial charge in [0.2, 0.25) is 0 Å². The summed E-state index contributed by atoms with van der Waals surface area (Å²) >= 11 is 0. The van der Waals surface area contributed by atoms with Crippen molar-refractivity contribution >= 4 is 18.0 Å². The van der Waals surface area contributed by atoms with Crippen LogP contribution in [-0.4, -0.2) is 45.6 Å². The molecule has 0 radical (unpaired) electrons. The number of benzene rings is 1. The fourth-order valence-electron chi connectivity index (χ4n) is 2.34. The number of hydrogen-bond donors (Lipinski definition) is 3. The molecule has 0 aliphatic heterocycles. The molecular weight excluding hydrogens is 364 g/mol. The van der Waals surface area contributed by atoms with Gasteiger partial charge >= 0.3 is 12.1 Å². The van der Waals surface area contributed by atoms with Crippen molar-refractivity contribution in [3.05, 3.63) is 60.2 Å². The maximum atomic E-state index is 12.0. The topological polar surface area (TPSA) is 131 Å². The first-order chi connectivity index (χ1) is 13.6. The van der Waals surface area contributed by atoms with Gasteiger partial charge in [-0.1, -0.05) is 30.3 Å². The number of aromatic nitrogens is 2. The van der Waals surface area contributed by atoms with Crippen molar-refractivity contribution in [3.8, 4) is 0 Å². The summed E-state index contributed by atoms with van der Waals surface area (Å²) in [6.45, 7) is 0.528. The Labute approximate surface area is 162 Å². The number of ether oxygens (including phenoxy) is 1. The van der Waals surface area contributed by atoms with Gasteiger partial charge in [0.05, 0.1) is 6.20 Å². The number of aliphatic carboxylic acids is 1. The van der Waals surface area contributed by atoms with Crippen LogP contribution >= 0.6 is 0 Å². The van der Waals surface area contributed by atoms with Gasteiger partial charge in [-0.15, -0.1) is 0 Å². The highest BCUT2D eigenvalue weighted by Crippen LogP contribution is 2.04. The second kappa shape index (κ2) is 11.3. The summed E-state index contributed by atoms with van der Waals surface area (Å²) in [6, 6.07) is 8.27. The average Bonchev–Trinajstić information content (AvgIpc) is 2.72. The van der Waals surface area contributed by atoms with Gasteiger partial charge in [0, 0.05) is 18.9 Å². The number of unbranched alkanes of at least 4 members (excludes halogenated alkanes) is 1. The standard InChI is InChI=1S/C19H22N4O5/c24-17(16-12-20-10-11-21-16)23-15(18(25)26)8-4-5-9-22-19(27)28-13-14-6-2-1-3-7-14/h1-3,6-7,10-12,15H,4-5,8-9,13H2,(H,22,27)(H,23,24)(H,25,26)/t15-/m0/s1. The van der Waals surface area contributed by atoms with E-state index in [1.54, 1.807) is 0 Å². The third kappa shape index (κ3) is 7.40. The van der Waals surface area contributed by atoms with Crippen molar-refractivity contribution in [3.63, 3.8) is 0 Å². The third-order valence-corrected chi connectivity index (χ3v) is 3.80. The van der Waals surface area contributed by atoms with Crippen molar-refractivity contribution in [2.75, 3.05) is 6.54 Å². The molecule has 9 heteroatoms. The number of alkyl carbamates (subject to hydrolysis) is 1. The number of carboxylic acid groups (broad SMARTS) is 1. The molecule has 9 nitrogen and oxygen atoms in total. The number of nitrogens with one attached hydrogen (secondary N) is 2. The molecule has 1 atom stereocenters. The minimum Gasteiger partial charge on any atom is -0.480 e. The number of carbonyl (C=O) groups excluding carboxylic acids is 2. The van der Waals surface area contributed by atoms with E-state index in [1.807, 2.05) is 30.3 Å². The minimum atomic E-state index is -1.13. The van der Waals surface area contributed by atoms with Crippen LogP contribution in [0.25, 0.3) is 0 Å². The monoisotopic (exact) mass is 386 g/mol. The molecule has 0 saturated carbocycles. The highest BCUT2D eigenvalue weighted by molar-refractivity contribution is 5.94. The van der Waals surface area contributed by atoms with E-state index in [0.29, 0.717) is 19.4 Å². The molecular formula is C19H22N4O5. The molecule has 1 aromatic carbocycles. The van der Waals surface area contributed by atoms with E-state index >= 15 is 0 Å². The van der Waals surface area contributed by atoms with Gasteiger partial charge in [-0.2, -0.15) is 0 Å². The predicted octanol–water partition coefficient (Wildman–Crippen LogP) is 1.76. The van der Waals surface area contributed by atoms with Crippen LogP contribution in [-0.2, 0) is 16.1 Å². The third-order valence-electron chi connectivity index (χ3n) is 3.80. The molecule has 0 unspecified atom stereocenters. The van der Waals surface area contributed by atoms with Crippen molar-refractivity contribution in [2.45, 2.75) is 31.9 Å². The molecule has 2 amide bonds.